The monoisotopic (exact) mass is 293 g/mol. The molecule has 0 saturated carbocycles. The summed E-state index contributed by atoms with van der Waals surface area (Å²) in [6.45, 7) is 8.00. The summed E-state index contributed by atoms with van der Waals surface area (Å²) < 4.78 is 8.20. The maximum Gasteiger partial charge on any atom is 0.123 e. The summed E-state index contributed by atoms with van der Waals surface area (Å²) in [6.07, 6.45) is 7.38. The number of imidazole rings is 1. The fourth-order valence-electron chi connectivity index (χ4n) is 3.62. The summed E-state index contributed by atoms with van der Waals surface area (Å²) in [6, 6.07) is 0.446. The summed E-state index contributed by atoms with van der Waals surface area (Å²) in [5, 5.41) is 10.3. The van der Waals surface area contributed by atoms with Gasteiger partial charge in [0.15, 0.2) is 0 Å². The van der Waals surface area contributed by atoms with Crippen molar-refractivity contribution in [2.45, 2.75) is 63.8 Å². The van der Waals surface area contributed by atoms with E-state index in [9.17, 15) is 5.11 Å². The third kappa shape index (κ3) is 3.00. The van der Waals surface area contributed by atoms with Crippen LogP contribution in [0.15, 0.2) is 12.4 Å². The summed E-state index contributed by atoms with van der Waals surface area (Å²) in [7, 11) is 0. The predicted octanol–water partition coefficient (Wildman–Crippen LogP) is 1.97. The predicted molar refractivity (Wildman–Crippen MR) is 81.0 cm³/mol. The first-order chi connectivity index (χ1) is 10.1. The van der Waals surface area contributed by atoms with Gasteiger partial charge < -0.3 is 14.4 Å². The summed E-state index contributed by atoms with van der Waals surface area (Å²) in [4.78, 5) is 6.92. The number of hydrogen-bond donors (Lipinski definition) is 1. The average Bonchev–Trinajstić information content (AvgIpc) is 2.93. The first kappa shape index (κ1) is 15.0. The number of rotatable bonds is 3. The van der Waals surface area contributed by atoms with Gasteiger partial charge in [-0.15, -0.1) is 0 Å². The molecular formula is C16H27N3O2. The number of nitrogens with zero attached hydrogens (tertiary/aromatic N) is 3. The number of hydrogen-bond acceptors (Lipinski definition) is 4. The van der Waals surface area contributed by atoms with Crippen LogP contribution in [0.3, 0.4) is 0 Å². The molecule has 0 aliphatic carbocycles. The third-order valence-corrected chi connectivity index (χ3v) is 4.99. The standard InChI is InChI=1S/C16H27N3O2/c1-13(2)19-10-7-17-15(19)12-18-8-5-16(6-9-18)14(20)4-3-11-21-16/h7,10,13-14,20H,3-6,8-9,11-12H2,1-2H3/t14-/m1/s1. The van der Waals surface area contributed by atoms with Gasteiger partial charge in [-0.1, -0.05) is 0 Å². The van der Waals surface area contributed by atoms with Crippen LogP contribution in [0, 0.1) is 0 Å². The molecule has 2 aliphatic heterocycles. The Hall–Kier alpha value is -0.910. The lowest BCUT2D eigenvalue weighted by molar-refractivity contribution is -0.177. The highest BCUT2D eigenvalue weighted by Crippen LogP contribution is 2.35. The van der Waals surface area contributed by atoms with Crippen LogP contribution >= 0.6 is 0 Å². The molecule has 21 heavy (non-hydrogen) atoms. The van der Waals surface area contributed by atoms with Crippen LogP contribution in [0.25, 0.3) is 0 Å². The Kier molecular flexibility index (Phi) is 4.33. The number of aliphatic hydroxyl groups is 1. The number of aliphatic hydroxyl groups excluding tert-OH is 1. The average molecular weight is 293 g/mol. The minimum atomic E-state index is -0.286. The SMILES string of the molecule is CC(C)n1ccnc1CN1CCC2(CC1)OCCC[C@H]2O. The van der Waals surface area contributed by atoms with Crippen LogP contribution in [-0.2, 0) is 11.3 Å². The van der Waals surface area contributed by atoms with Gasteiger partial charge in [-0.05, 0) is 39.5 Å². The molecule has 0 bridgehead atoms. The normalized spacial score (nSPS) is 26.6. The topological polar surface area (TPSA) is 50.5 Å². The van der Waals surface area contributed by atoms with Crippen LogP contribution in [0.2, 0.25) is 0 Å². The maximum atomic E-state index is 10.3. The fraction of sp³-hybridized carbons (Fsp3) is 0.812. The van der Waals surface area contributed by atoms with Gasteiger partial charge in [0.05, 0.1) is 18.2 Å². The molecule has 118 valence electrons. The van der Waals surface area contributed by atoms with E-state index in [1.165, 1.54) is 0 Å². The highest BCUT2D eigenvalue weighted by molar-refractivity contribution is 4.99. The lowest BCUT2D eigenvalue weighted by Crippen LogP contribution is -2.55. The van der Waals surface area contributed by atoms with Crippen molar-refractivity contribution < 1.29 is 9.84 Å². The van der Waals surface area contributed by atoms with Crippen LogP contribution in [0.4, 0.5) is 0 Å². The molecule has 5 nitrogen and oxygen atoms in total. The molecule has 0 amide bonds. The van der Waals surface area contributed by atoms with Crippen molar-refractivity contribution in [3.63, 3.8) is 0 Å². The minimum absolute atomic E-state index is 0.276. The fourth-order valence-corrected chi connectivity index (χ4v) is 3.62. The molecular weight excluding hydrogens is 266 g/mol. The van der Waals surface area contributed by atoms with Crippen LogP contribution in [0.1, 0.15) is 51.4 Å². The van der Waals surface area contributed by atoms with Gasteiger partial charge in [0.1, 0.15) is 5.82 Å². The van der Waals surface area contributed by atoms with Gasteiger partial charge in [0, 0.05) is 38.1 Å². The van der Waals surface area contributed by atoms with Gasteiger partial charge >= 0.3 is 0 Å². The van der Waals surface area contributed by atoms with Crippen LogP contribution in [0.5, 0.6) is 0 Å². The summed E-state index contributed by atoms with van der Waals surface area (Å²) in [5.74, 6) is 1.13. The summed E-state index contributed by atoms with van der Waals surface area (Å²) >= 11 is 0. The number of likely N-dealkylation sites (tertiary alicyclic amines) is 1. The zero-order chi connectivity index (χ0) is 14.9. The van der Waals surface area contributed by atoms with Gasteiger partial charge in [-0.2, -0.15) is 0 Å². The minimum Gasteiger partial charge on any atom is -0.390 e. The van der Waals surface area contributed by atoms with E-state index >= 15 is 0 Å². The molecule has 1 N–H and O–H groups in total. The van der Waals surface area contributed by atoms with E-state index in [-0.39, 0.29) is 11.7 Å². The second-order valence-corrected chi connectivity index (χ2v) is 6.69. The molecule has 1 spiro atoms. The first-order valence-corrected chi connectivity index (χ1v) is 8.17. The summed E-state index contributed by atoms with van der Waals surface area (Å²) in [5.41, 5.74) is -0.276. The first-order valence-electron chi connectivity index (χ1n) is 8.17. The Balaban J connectivity index is 1.60. The lowest BCUT2D eigenvalue weighted by atomic mass is 9.82. The molecule has 0 aromatic carbocycles. The molecule has 2 fully saturated rings. The van der Waals surface area contributed by atoms with E-state index in [0.717, 1.165) is 57.7 Å². The van der Waals surface area contributed by atoms with Gasteiger partial charge in [0.2, 0.25) is 0 Å². The van der Waals surface area contributed by atoms with E-state index < -0.39 is 0 Å². The van der Waals surface area contributed by atoms with Crippen molar-refractivity contribution in [3.8, 4) is 0 Å². The van der Waals surface area contributed by atoms with Gasteiger partial charge in [-0.3, -0.25) is 4.90 Å². The van der Waals surface area contributed by atoms with E-state index in [4.69, 9.17) is 4.74 Å². The van der Waals surface area contributed by atoms with E-state index in [0.29, 0.717) is 6.04 Å². The Morgan fingerprint density at radius 1 is 1.43 bits per heavy atom. The maximum absolute atomic E-state index is 10.3. The van der Waals surface area contributed by atoms with Gasteiger partial charge in [-0.25, -0.2) is 4.98 Å². The molecule has 0 radical (unpaired) electrons. The van der Waals surface area contributed by atoms with E-state index in [1.54, 1.807) is 0 Å². The molecule has 1 aromatic heterocycles. The molecule has 1 atom stereocenters. The molecule has 2 saturated heterocycles. The van der Waals surface area contributed by atoms with Crippen molar-refractivity contribution in [2.24, 2.45) is 0 Å². The van der Waals surface area contributed by atoms with Crippen LogP contribution in [-0.4, -0.2) is 51.0 Å². The zero-order valence-electron chi connectivity index (χ0n) is 13.2. The zero-order valence-corrected chi connectivity index (χ0v) is 13.2. The molecule has 5 heteroatoms. The second-order valence-electron chi connectivity index (χ2n) is 6.69. The molecule has 3 heterocycles. The van der Waals surface area contributed by atoms with Crippen molar-refractivity contribution in [3.05, 3.63) is 18.2 Å². The molecule has 1 aromatic rings. The quantitative estimate of drug-likeness (QED) is 0.926. The Morgan fingerprint density at radius 2 is 2.19 bits per heavy atom. The molecule has 2 aliphatic rings. The third-order valence-electron chi connectivity index (χ3n) is 4.99. The highest BCUT2D eigenvalue weighted by Gasteiger charge is 2.43. The Morgan fingerprint density at radius 3 is 2.86 bits per heavy atom. The van der Waals surface area contributed by atoms with E-state index in [1.807, 2.05) is 6.20 Å². The van der Waals surface area contributed by atoms with Crippen molar-refractivity contribution in [1.82, 2.24) is 14.5 Å². The Labute approximate surface area is 126 Å². The Bertz CT molecular complexity index is 464. The number of piperidine rings is 1. The highest BCUT2D eigenvalue weighted by atomic mass is 16.5. The molecule has 0 unspecified atom stereocenters. The van der Waals surface area contributed by atoms with Crippen molar-refractivity contribution in [1.29, 1.82) is 0 Å². The lowest BCUT2D eigenvalue weighted by Gasteiger charge is -2.46. The van der Waals surface area contributed by atoms with Gasteiger partial charge in [0.25, 0.3) is 0 Å². The van der Waals surface area contributed by atoms with Crippen molar-refractivity contribution in [2.75, 3.05) is 19.7 Å². The van der Waals surface area contributed by atoms with Crippen molar-refractivity contribution >= 4 is 0 Å². The number of ether oxygens (including phenoxy) is 1. The largest absolute Gasteiger partial charge is 0.390 e. The molecule has 3 rings (SSSR count). The smallest absolute Gasteiger partial charge is 0.123 e. The number of aromatic nitrogens is 2. The van der Waals surface area contributed by atoms with Crippen LogP contribution < -0.4 is 0 Å². The van der Waals surface area contributed by atoms with E-state index in [2.05, 4.69) is 34.5 Å². The second kappa shape index (κ2) is 6.07.